The topological polar surface area (TPSA) is 80.4 Å². The van der Waals surface area contributed by atoms with Crippen LogP contribution >= 0.6 is 0 Å². The van der Waals surface area contributed by atoms with E-state index in [1.54, 1.807) is 0 Å². The first-order valence-corrected chi connectivity index (χ1v) is 1.35. The molecule has 5 heavy (non-hydrogen) atoms. The van der Waals surface area contributed by atoms with Crippen molar-refractivity contribution in [3.05, 3.63) is 0 Å². The van der Waals surface area contributed by atoms with Gasteiger partial charge in [-0.2, -0.15) is 0 Å². The lowest BCUT2D eigenvalue weighted by molar-refractivity contribution is 0.311. The predicted molar refractivity (Wildman–Crippen MR) is 16.1 cm³/mol. The second-order valence-electron chi connectivity index (χ2n) is 0.0745. The Balaban J connectivity index is 0. The molecule has 0 unspecified atom stereocenters. The van der Waals surface area contributed by atoms with Gasteiger partial charge in [-0.3, -0.25) is 0 Å². The fourth-order valence-corrected chi connectivity index (χ4v) is 0. The second kappa shape index (κ2) is 42.1. The minimum Gasteiger partial charge on any atom is -0.427 e. The molecule has 0 aromatic heterocycles. The molecular formula is H4NO3S-. The van der Waals surface area contributed by atoms with E-state index in [2.05, 4.69) is 5.90 Å². The third-order valence-corrected chi connectivity index (χ3v) is 0. The van der Waals surface area contributed by atoms with E-state index in [9.17, 15) is 0 Å². The highest BCUT2D eigenvalue weighted by molar-refractivity contribution is 7.51. The van der Waals surface area contributed by atoms with Crippen molar-refractivity contribution in [1.82, 2.24) is 0 Å². The molecule has 0 aliphatic heterocycles. The summed E-state index contributed by atoms with van der Waals surface area (Å²) in [5, 5.41) is 6.50. The Morgan fingerprint density at radius 3 is 1.40 bits per heavy atom. The van der Waals surface area contributed by atoms with Crippen LogP contribution in [0.3, 0.4) is 0 Å². The van der Waals surface area contributed by atoms with E-state index in [-0.39, 0.29) is 0 Å². The van der Waals surface area contributed by atoms with E-state index in [4.69, 9.17) is 13.6 Å². The molecule has 0 amide bonds. The lowest BCUT2D eigenvalue weighted by Crippen LogP contribution is -1.72. The number of thiol groups is 1. The maximum atomic E-state index is 8.35. The average molecular weight is 98.1 g/mol. The van der Waals surface area contributed by atoms with E-state index in [0.717, 1.165) is 0 Å². The van der Waals surface area contributed by atoms with Gasteiger partial charge in [0.05, 0.1) is 0 Å². The summed E-state index contributed by atoms with van der Waals surface area (Å²) < 4.78 is 16.7. The van der Waals surface area contributed by atoms with Crippen molar-refractivity contribution < 1.29 is 13.6 Å². The smallest absolute Gasteiger partial charge is 0.0885 e. The highest BCUT2D eigenvalue weighted by Gasteiger charge is 0.757. The third-order valence-electron chi connectivity index (χ3n) is 0. The molecule has 0 aromatic rings. The van der Waals surface area contributed by atoms with Crippen LogP contribution in [-0.2, 0) is 20.0 Å². The van der Waals surface area contributed by atoms with Gasteiger partial charge in [0.15, 0.2) is 0 Å². The maximum absolute atomic E-state index is 8.35. The lowest BCUT2D eigenvalue weighted by Gasteiger charge is -1.27. The van der Waals surface area contributed by atoms with Crippen LogP contribution in [0.1, 0.15) is 0 Å². The van der Waals surface area contributed by atoms with Crippen molar-refractivity contribution in [1.29, 1.82) is 0 Å². The van der Waals surface area contributed by atoms with Gasteiger partial charge in [-0.05, 0) is 0 Å². The Hall–Kier alpha value is -0.130. The predicted octanol–water partition coefficient (Wildman–Crippen LogP) is -1.17. The molecule has 0 saturated heterocycles. The fourth-order valence-electron chi connectivity index (χ4n) is 0. The van der Waals surface area contributed by atoms with Crippen LogP contribution in [0.4, 0.5) is 0 Å². The fraction of sp³-hybridized carbons (Fsp3) is 0. The van der Waals surface area contributed by atoms with E-state index in [1.165, 1.54) is 0 Å². The first kappa shape index (κ1) is 8.85. The van der Waals surface area contributed by atoms with Gasteiger partial charge in [0.25, 0.3) is 0 Å². The Kier molecular flexibility index (Phi) is 74.6. The summed E-state index contributed by atoms with van der Waals surface area (Å²) in [6.45, 7) is 0. The quantitative estimate of drug-likeness (QED) is 0.227. The van der Waals surface area contributed by atoms with Crippen LogP contribution in [0.2, 0.25) is 0 Å². The van der Waals surface area contributed by atoms with Crippen molar-refractivity contribution in [2.24, 2.45) is 5.90 Å². The summed E-state index contributed by atoms with van der Waals surface area (Å²) in [7, 11) is 0. The van der Waals surface area contributed by atoms with Gasteiger partial charge in [-0.25, -0.2) is 5.90 Å². The molecular weight excluding hydrogens is 94.1 g/mol. The summed E-state index contributed by atoms with van der Waals surface area (Å²) in [6.07, 6.45) is 0. The molecule has 0 aliphatic carbocycles. The molecule has 5 heteroatoms. The SMILES string of the molecule is NO.O=[SH-]=O. The van der Waals surface area contributed by atoms with Gasteiger partial charge in [0.2, 0.25) is 0 Å². The lowest BCUT2D eigenvalue weighted by atomic mass is 13.6. The Labute approximate surface area is 32.2 Å². The van der Waals surface area contributed by atoms with Gasteiger partial charge >= 0.3 is 0 Å². The molecule has 0 atom stereocenters. The normalized spacial score (nSPS) is 4.40. The molecule has 34 valence electrons. The zero-order valence-corrected chi connectivity index (χ0v) is 3.18. The van der Waals surface area contributed by atoms with Crippen molar-refractivity contribution >= 4 is 11.6 Å². The van der Waals surface area contributed by atoms with Gasteiger partial charge in [-0.1, -0.05) is 11.6 Å². The number of hydrogen-bond acceptors (Lipinski definition) is 5. The Morgan fingerprint density at radius 2 is 1.40 bits per heavy atom. The molecule has 0 bridgehead atoms. The van der Waals surface area contributed by atoms with E-state index in [1.807, 2.05) is 0 Å². The highest BCUT2D eigenvalue weighted by Crippen LogP contribution is 0.942. The van der Waals surface area contributed by atoms with Gasteiger partial charge < -0.3 is 13.6 Å². The standard InChI is InChI=1S/H3NO.HO2S/c1-2;1-3-2/h2H,1H2;3H/q;-1. The summed E-state index contributed by atoms with van der Waals surface area (Å²) in [4.78, 5) is 0. The summed E-state index contributed by atoms with van der Waals surface area (Å²) in [5.74, 6) is 3.50. The van der Waals surface area contributed by atoms with Gasteiger partial charge in [0, 0.05) is 0 Å². The second-order valence-corrected chi connectivity index (χ2v) is 0.224. The number of nitrogens with two attached hydrogens (primary N) is 1. The van der Waals surface area contributed by atoms with Crippen LogP contribution in [0.25, 0.3) is 0 Å². The molecule has 0 spiro atoms. The van der Waals surface area contributed by atoms with Crippen molar-refractivity contribution in [2.45, 2.75) is 0 Å². The van der Waals surface area contributed by atoms with Gasteiger partial charge in [0.1, 0.15) is 0 Å². The Morgan fingerprint density at radius 1 is 1.40 bits per heavy atom. The molecule has 4 nitrogen and oxygen atoms in total. The average Bonchev–Trinajstić information content (AvgIpc) is 1.46. The first-order chi connectivity index (χ1) is 2.41. The molecule has 3 N–H and O–H groups in total. The summed E-state index contributed by atoms with van der Waals surface area (Å²) in [5.41, 5.74) is 0. The molecule has 0 radical (unpaired) electrons. The zero-order valence-electron chi connectivity index (χ0n) is 2.29. The maximum Gasteiger partial charge on any atom is -0.0885 e. The van der Waals surface area contributed by atoms with E-state index >= 15 is 0 Å². The Bertz CT molecular complexity index is 27.9. The zero-order chi connectivity index (χ0) is 4.71. The minimum absolute atomic E-state index is 1.08. The van der Waals surface area contributed by atoms with E-state index < -0.39 is 11.6 Å². The van der Waals surface area contributed by atoms with Crippen LogP contribution in [0.15, 0.2) is 0 Å². The van der Waals surface area contributed by atoms with E-state index in [0.29, 0.717) is 0 Å². The van der Waals surface area contributed by atoms with Crippen LogP contribution < -0.4 is 5.90 Å². The summed E-state index contributed by atoms with van der Waals surface area (Å²) in [6, 6.07) is 0. The monoisotopic (exact) mass is 98.0 g/mol. The number of rotatable bonds is 0. The van der Waals surface area contributed by atoms with Crippen molar-refractivity contribution in [2.75, 3.05) is 0 Å². The molecule has 0 fully saturated rings. The van der Waals surface area contributed by atoms with Crippen molar-refractivity contribution in [3.8, 4) is 0 Å². The van der Waals surface area contributed by atoms with Crippen molar-refractivity contribution in [3.63, 3.8) is 0 Å². The third kappa shape index (κ3) is 801. The van der Waals surface area contributed by atoms with Crippen LogP contribution in [0, 0.1) is 0 Å². The minimum atomic E-state index is -1.08. The molecule has 0 saturated carbocycles. The largest absolute Gasteiger partial charge is 0.427 e. The van der Waals surface area contributed by atoms with Gasteiger partial charge in [-0.15, -0.1) is 0 Å². The molecule has 0 aromatic carbocycles. The molecule has 0 aliphatic rings. The first-order valence-electron chi connectivity index (χ1n) is 0.623. The highest BCUT2D eigenvalue weighted by atomic mass is 32.1. The summed E-state index contributed by atoms with van der Waals surface area (Å²) >= 11 is -1.08. The number of hydrogen-bond donors (Lipinski definition) is 2. The van der Waals surface area contributed by atoms with Crippen LogP contribution in [-0.4, -0.2) is 5.21 Å². The van der Waals surface area contributed by atoms with Crippen LogP contribution in [0.5, 0.6) is 0 Å². The molecule has 0 rings (SSSR count). The molecule has 0 heterocycles.